The minimum atomic E-state index is 0.475. The second-order valence-electron chi connectivity index (χ2n) is 4.47. The van der Waals surface area contributed by atoms with Crippen LogP contribution in [0.2, 0.25) is 0 Å². The van der Waals surface area contributed by atoms with Crippen LogP contribution in [0.25, 0.3) is 0 Å². The molecule has 2 heteroatoms. The summed E-state index contributed by atoms with van der Waals surface area (Å²) in [4.78, 5) is 10.2. The van der Waals surface area contributed by atoms with Crippen molar-refractivity contribution in [1.82, 2.24) is 0 Å². The molecule has 0 spiro atoms. The molecule has 0 saturated heterocycles. The van der Waals surface area contributed by atoms with Gasteiger partial charge in [0.1, 0.15) is 0 Å². The summed E-state index contributed by atoms with van der Waals surface area (Å²) in [5.41, 5.74) is 3.19. The van der Waals surface area contributed by atoms with Crippen LogP contribution in [-0.2, 0) is 0 Å². The lowest BCUT2D eigenvalue weighted by atomic mass is 9.89. The van der Waals surface area contributed by atoms with E-state index in [0.717, 1.165) is 6.42 Å². The molecule has 1 rings (SSSR count). The third-order valence-corrected chi connectivity index (χ3v) is 3.26. The van der Waals surface area contributed by atoms with Crippen molar-refractivity contribution in [3.63, 3.8) is 0 Å². The third kappa shape index (κ3) is 4.59. The highest BCUT2D eigenvalue weighted by atomic mass is 16.3. The molecule has 0 unspecified atom stereocenters. The van der Waals surface area contributed by atoms with Crippen LogP contribution in [0.15, 0.2) is 16.3 Å². The molecule has 0 bridgehead atoms. The van der Waals surface area contributed by atoms with Gasteiger partial charge in [-0.15, -0.1) is 0 Å². The van der Waals surface area contributed by atoms with Crippen molar-refractivity contribution in [3.8, 4) is 0 Å². The van der Waals surface area contributed by atoms with Crippen molar-refractivity contribution in [3.05, 3.63) is 16.1 Å². The molecule has 0 atom stereocenters. The summed E-state index contributed by atoms with van der Waals surface area (Å²) in [6.45, 7) is 2.71. The van der Waals surface area contributed by atoms with Crippen LogP contribution in [-0.4, -0.2) is 6.54 Å². The highest BCUT2D eigenvalue weighted by molar-refractivity contribution is 5.15. The van der Waals surface area contributed by atoms with Crippen molar-refractivity contribution in [1.29, 1.82) is 0 Å². The van der Waals surface area contributed by atoms with E-state index in [4.69, 9.17) is 0 Å². The second-order valence-corrected chi connectivity index (χ2v) is 4.47. The van der Waals surface area contributed by atoms with Crippen molar-refractivity contribution in [2.24, 2.45) is 5.18 Å². The Morgan fingerprint density at radius 2 is 1.60 bits per heavy atom. The highest BCUT2D eigenvalue weighted by Crippen LogP contribution is 2.28. The Bertz CT molecular complexity index is 221. The molecule has 0 aliphatic heterocycles. The summed E-state index contributed by atoms with van der Waals surface area (Å²) in [5, 5.41) is 2.99. The zero-order chi connectivity index (χ0) is 10.9. The zero-order valence-corrected chi connectivity index (χ0v) is 9.93. The van der Waals surface area contributed by atoms with E-state index in [9.17, 15) is 4.91 Å². The van der Waals surface area contributed by atoms with Crippen molar-refractivity contribution in [2.45, 2.75) is 64.7 Å². The number of hydrogen-bond acceptors (Lipinski definition) is 2. The van der Waals surface area contributed by atoms with Crippen LogP contribution in [0.3, 0.4) is 0 Å². The lowest BCUT2D eigenvalue weighted by molar-refractivity contribution is 0.587. The van der Waals surface area contributed by atoms with Crippen LogP contribution < -0.4 is 0 Å². The van der Waals surface area contributed by atoms with Gasteiger partial charge in [0, 0.05) is 0 Å². The molecule has 0 radical (unpaired) electrons. The Kier molecular flexibility index (Phi) is 6.29. The smallest absolute Gasteiger partial charge is 0.0848 e. The number of rotatable bonds is 5. The normalized spacial score (nSPS) is 23.3. The van der Waals surface area contributed by atoms with Gasteiger partial charge in [0.05, 0.1) is 6.54 Å². The van der Waals surface area contributed by atoms with E-state index in [1.807, 2.05) is 0 Å². The van der Waals surface area contributed by atoms with Gasteiger partial charge in [0.2, 0.25) is 0 Å². The van der Waals surface area contributed by atoms with Crippen molar-refractivity contribution < 1.29 is 0 Å². The van der Waals surface area contributed by atoms with Gasteiger partial charge in [-0.25, -0.2) is 0 Å². The maximum Gasteiger partial charge on any atom is 0.0848 e. The molecule has 0 aromatic rings. The summed E-state index contributed by atoms with van der Waals surface area (Å²) in [6.07, 6.45) is 11.2. The van der Waals surface area contributed by atoms with Gasteiger partial charge in [-0.3, -0.25) is 0 Å². The summed E-state index contributed by atoms with van der Waals surface area (Å²) >= 11 is 0. The standard InChI is InChI=1S/C13H23NO/c1-2-7-12-8-5-3-4-6-9-13(12)10-11-14-15/h2-11H2,1H3/b13-12+. The summed E-state index contributed by atoms with van der Waals surface area (Å²) in [7, 11) is 0. The Morgan fingerprint density at radius 1 is 1.00 bits per heavy atom. The molecular weight excluding hydrogens is 186 g/mol. The predicted molar refractivity (Wildman–Crippen MR) is 64.9 cm³/mol. The van der Waals surface area contributed by atoms with E-state index in [2.05, 4.69) is 12.1 Å². The largest absolute Gasteiger partial charge is 0.151 e. The van der Waals surface area contributed by atoms with Crippen LogP contribution in [0.4, 0.5) is 0 Å². The van der Waals surface area contributed by atoms with Crippen molar-refractivity contribution in [2.75, 3.05) is 6.54 Å². The molecule has 0 fully saturated rings. The van der Waals surface area contributed by atoms with E-state index < -0.39 is 0 Å². The topological polar surface area (TPSA) is 29.4 Å². The van der Waals surface area contributed by atoms with Gasteiger partial charge in [0.25, 0.3) is 0 Å². The van der Waals surface area contributed by atoms with Crippen LogP contribution in [0.1, 0.15) is 64.7 Å². The molecule has 0 N–H and O–H groups in total. The Morgan fingerprint density at radius 3 is 2.13 bits per heavy atom. The van der Waals surface area contributed by atoms with Gasteiger partial charge in [0.15, 0.2) is 0 Å². The van der Waals surface area contributed by atoms with Crippen molar-refractivity contribution >= 4 is 0 Å². The van der Waals surface area contributed by atoms with Crippen LogP contribution in [0.5, 0.6) is 0 Å². The Balaban J connectivity index is 2.63. The molecular formula is C13H23NO. The summed E-state index contributed by atoms with van der Waals surface area (Å²) in [6, 6.07) is 0. The molecule has 1 aliphatic carbocycles. The first kappa shape index (κ1) is 12.4. The van der Waals surface area contributed by atoms with Crippen LogP contribution >= 0.6 is 0 Å². The Hall–Kier alpha value is -0.660. The van der Waals surface area contributed by atoms with Gasteiger partial charge in [-0.05, 0) is 38.5 Å². The first-order valence-corrected chi connectivity index (χ1v) is 6.37. The molecule has 0 aromatic heterocycles. The summed E-state index contributed by atoms with van der Waals surface area (Å²) in [5.74, 6) is 0. The quantitative estimate of drug-likeness (QED) is 0.481. The molecule has 0 amide bonds. The van der Waals surface area contributed by atoms with Gasteiger partial charge in [-0.1, -0.05) is 42.5 Å². The molecule has 0 aromatic carbocycles. The lowest BCUT2D eigenvalue weighted by Crippen LogP contribution is -1.99. The number of allylic oxidation sites excluding steroid dienone is 1. The number of nitrogens with zero attached hydrogens (tertiary/aromatic N) is 1. The minimum absolute atomic E-state index is 0.475. The number of hydrogen-bond donors (Lipinski definition) is 0. The zero-order valence-electron chi connectivity index (χ0n) is 9.93. The van der Waals surface area contributed by atoms with E-state index in [1.54, 1.807) is 11.1 Å². The molecule has 86 valence electrons. The van der Waals surface area contributed by atoms with E-state index in [0.29, 0.717) is 6.54 Å². The number of nitroso groups, excluding NO2 is 1. The fourth-order valence-corrected chi connectivity index (χ4v) is 2.47. The predicted octanol–water partition coefficient (Wildman–Crippen LogP) is 4.59. The average molecular weight is 209 g/mol. The lowest BCUT2D eigenvalue weighted by Gasteiger charge is -2.17. The molecule has 1 aliphatic rings. The molecule has 15 heavy (non-hydrogen) atoms. The third-order valence-electron chi connectivity index (χ3n) is 3.26. The average Bonchev–Trinajstić information content (AvgIpc) is 2.22. The fraction of sp³-hybridized carbons (Fsp3) is 0.846. The monoisotopic (exact) mass is 209 g/mol. The first-order chi connectivity index (χ1) is 7.38. The SMILES string of the molecule is CCC/C1=C(\CCN=O)CCCCCC1. The minimum Gasteiger partial charge on any atom is -0.151 e. The molecule has 0 heterocycles. The van der Waals surface area contributed by atoms with Gasteiger partial charge >= 0.3 is 0 Å². The maximum atomic E-state index is 10.2. The van der Waals surface area contributed by atoms with E-state index in [1.165, 1.54) is 51.4 Å². The fourth-order valence-electron chi connectivity index (χ4n) is 2.47. The first-order valence-electron chi connectivity index (χ1n) is 6.37. The maximum absolute atomic E-state index is 10.2. The van der Waals surface area contributed by atoms with Crippen LogP contribution in [0, 0.1) is 4.91 Å². The molecule has 0 saturated carbocycles. The second kappa shape index (κ2) is 7.61. The highest BCUT2D eigenvalue weighted by Gasteiger charge is 2.09. The molecule has 2 nitrogen and oxygen atoms in total. The Labute approximate surface area is 93.1 Å². The van der Waals surface area contributed by atoms with Gasteiger partial charge in [-0.2, -0.15) is 4.91 Å². The summed E-state index contributed by atoms with van der Waals surface area (Å²) < 4.78 is 0. The van der Waals surface area contributed by atoms with E-state index in [-0.39, 0.29) is 0 Å². The van der Waals surface area contributed by atoms with E-state index >= 15 is 0 Å². The van der Waals surface area contributed by atoms with Gasteiger partial charge < -0.3 is 0 Å².